The fraction of sp³-hybridized carbons (Fsp3) is 0.0870. The number of hydrogen-bond acceptors (Lipinski definition) is 5. The van der Waals surface area contributed by atoms with Crippen LogP contribution >= 0.6 is 0 Å². The first kappa shape index (κ1) is 20.3. The van der Waals surface area contributed by atoms with Gasteiger partial charge in [-0.15, -0.1) is 0 Å². The SMILES string of the molecule is C[C@@H](c1ccc(-c2ccccc2F)cc1)n1ncc2nc(-n3cc(C(=O)O)cn3)[nH]c(=O)c21. The summed E-state index contributed by atoms with van der Waals surface area (Å²) >= 11 is 0. The second-order valence-electron chi connectivity index (χ2n) is 7.47. The number of hydrogen-bond donors (Lipinski definition) is 2. The van der Waals surface area contributed by atoms with Gasteiger partial charge in [0.1, 0.15) is 11.3 Å². The molecule has 164 valence electrons. The number of nitrogens with one attached hydrogen (secondary N) is 1. The predicted molar refractivity (Wildman–Crippen MR) is 118 cm³/mol. The first-order valence-electron chi connectivity index (χ1n) is 10.0. The lowest BCUT2D eigenvalue weighted by molar-refractivity contribution is 0.0697. The fourth-order valence-corrected chi connectivity index (χ4v) is 3.69. The van der Waals surface area contributed by atoms with E-state index in [0.717, 1.165) is 11.1 Å². The number of carboxylic acid groups (broad SMARTS) is 1. The van der Waals surface area contributed by atoms with Crippen LogP contribution in [-0.4, -0.2) is 40.6 Å². The smallest absolute Gasteiger partial charge is 0.338 e. The molecular weight excluding hydrogens is 427 g/mol. The summed E-state index contributed by atoms with van der Waals surface area (Å²) in [7, 11) is 0. The summed E-state index contributed by atoms with van der Waals surface area (Å²) in [5.74, 6) is -1.34. The molecule has 0 aliphatic rings. The van der Waals surface area contributed by atoms with Crippen molar-refractivity contribution in [1.29, 1.82) is 0 Å². The van der Waals surface area contributed by atoms with E-state index in [9.17, 15) is 14.0 Å². The summed E-state index contributed by atoms with van der Waals surface area (Å²) in [5, 5.41) is 17.3. The molecule has 5 aromatic rings. The molecule has 9 nitrogen and oxygen atoms in total. The third-order valence-electron chi connectivity index (χ3n) is 5.43. The van der Waals surface area contributed by atoms with Gasteiger partial charge in [0.05, 0.1) is 24.0 Å². The van der Waals surface area contributed by atoms with Crippen molar-refractivity contribution < 1.29 is 14.3 Å². The molecule has 5 rings (SSSR count). The highest BCUT2D eigenvalue weighted by molar-refractivity contribution is 5.87. The summed E-state index contributed by atoms with van der Waals surface area (Å²) in [4.78, 5) is 30.9. The Morgan fingerprint density at radius 2 is 1.85 bits per heavy atom. The zero-order chi connectivity index (χ0) is 23.1. The molecule has 0 fully saturated rings. The average Bonchev–Trinajstić information content (AvgIpc) is 3.47. The van der Waals surface area contributed by atoms with Gasteiger partial charge in [-0.3, -0.25) is 14.5 Å². The van der Waals surface area contributed by atoms with Crippen LogP contribution in [0.1, 0.15) is 28.9 Å². The van der Waals surface area contributed by atoms with Crippen molar-refractivity contribution in [2.75, 3.05) is 0 Å². The Labute approximate surface area is 185 Å². The molecule has 0 saturated carbocycles. The van der Waals surface area contributed by atoms with Crippen molar-refractivity contribution in [1.82, 2.24) is 29.5 Å². The van der Waals surface area contributed by atoms with Gasteiger partial charge in [0.2, 0.25) is 5.95 Å². The van der Waals surface area contributed by atoms with E-state index >= 15 is 0 Å². The van der Waals surface area contributed by atoms with Gasteiger partial charge < -0.3 is 5.11 Å². The highest BCUT2D eigenvalue weighted by Gasteiger charge is 2.18. The maximum absolute atomic E-state index is 14.1. The predicted octanol–water partition coefficient (Wildman–Crippen LogP) is 3.42. The van der Waals surface area contributed by atoms with Crippen LogP contribution < -0.4 is 5.56 Å². The van der Waals surface area contributed by atoms with Crippen LogP contribution in [0.3, 0.4) is 0 Å². The number of aromatic nitrogens is 6. The summed E-state index contributed by atoms with van der Waals surface area (Å²) in [6.45, 7) is 1.89. The lowest BCUT2D eigenvalue weighted by atomic mass is 10.0. The number of rotatable bonds is 5. The molecule has 0 amide bonds. The third-order valence-corrected chi connectivity index (χ3v) is 5.43. The van der Waals surface area contributed by atoms with Crippen molar-refractivity contribution in [2.24, 2.45) is 0 Å². The van der Waals surface area contributed by atoms with Gasteiger partial charge in [0.25, 0.3) is 5.56 Å². The minimum Gasteiger partial charge on any atom is -0.478 e. The van der Waals surface area contributed by atoms with Gasteiger partial charge >= 0.3 is 5.97 Å². The second kappa shape index (κ2) is 7.83. The maximum Gasteiger partial charge on any atom is 0.338 e. The Hall–Kier alpha value is -4.60. The van der Waals surface area contributed by atoms with Crippen molar-refractivity contribution in [2.45, 2.75) is 13.0 Å². The Kier molecular flexibility index (Phi) is 4.82. The van der Waals surface area contributed by atoms with Gasteiger partial charge in [-0.1, -0.05) is 42.5 Å². The topological polar surface area (TPSA) is 119 Å². The number of H-pyrrole nitrogens is 1. The fourth-order valence-electron chi connectivity index (χ4n) is 3.69. The zero-order valence-corrected chi connectivity index (χ0v) is 17.3. The van der Waals surface area contributed by atoms with E-state index in [4.69, 9.17) is 5.11 Å². The number of halogens is 1. The molecule has 0 aliphatic carbocycles. The maximum atomic E-state index is 14.1. The normalized spacial score (nSPS) is 12.2. The first-order chi connectivity index (χ1) is 15.9. The Balaban J connectivity index is 1.49. The second-order valence-corrected chi connectivity index (χ2v) is 7.47. The number of aromatic amines is 1. The molecule has 0 unspecified atom stereocenters. The molecule has 1 atom stereocenters. The number of benzene rings is 2. The number of carbonyl (C=O) groups is 1. The van der Waals surface area contributed by atoms with Gasteiger partial charge in [-0.25, -0.2) is 18.9 Å². The van der Waals surface area contributed by atoms with Gasteiger partial charge in [0, 0.05) is 11.8 Å². The van der Waals surface area contributed by atoms with Gasteiger partial charge in [0.15, 0.2) is 5.52 Å². The summed E-state index contributed by atoms with van der Waals surface area (Å²) < 4.78 is 16.8. The van der Waals surface area contributed by atoms with Crippen molar-refractivity contribution in [3.63, 3.8) is 0 Å². The molecule has 3 aromatic heterocycles. The summed E-state index contributed by atoms with van der Waals surface area (Å²) in [5.41, 5.74) is 2.29. The lowest BCUT2D eigenvalue weighted by Gasteiger charge is -2.14. The molecule has 0 saturated heterocycles. The van der Waals surface area contributed by atoms with Crippen LogP contribution in [0.15, 0.2) is 71.9 Å². The zero-order valence-electron chi connectivity index (χ0n) is 17.3. The minimum atomic E-state index is -1.13. The number of carboxylic acids is 1. The highest BCUT2D eigenvalue weighted by atomic mass is 19.1. The molecule has 0 spiro atoms. The van der Waals surface area contributed by atoms with Crippen LogP contribution in [0.2, 0.25) is 0 Å². The minimum absolute atomic E-state index is 0.0269. The number of aromatic carboxylic acids is 1. The first-order valence-corrected chi connectivity index (χ1v) is 10.0. The van der Waals surface area contributed by atoms with E-state index in [1.54, 1.807) is 22.9 Å². The highest BCUT2D eigenvalue weighted by Crippen LogP contribution is 2.26. The van der Waals surface area contributed by atoms with E-state index in [2.05, 4.69) is 20.2 Å². The monoisotopic (exact) mass is 444 g/mol. The van der Waals surface area contributed by atoms with Crippen molar-refractivity contribution >= 4 is 17.0 Å². The Morgan fingerprint density at radius 3 is 2.55 bits per heavy atom. The van der Waals surface area contributed by atoms with Crippen LogP contribution in [0.4, 0.5) is 4.39 Å². The summed E-state index contributed by atoms with van der Waals surface area (Å²) in [6, 6.07) is 13.7. The quantitative estimate of drug-likeness (QED) is 0.429. The van der Waals surface area contributed by atoms with E-state index in [0.29, 0.717) is 11.1 Å². The van der Waals surface area contributed by atoms with Crippen molar-refractivity contribution in [3.8, 4) is 17.1 Å². The summed E-state index contributed by atoms with van der Waals surface area (Å²) in [6.07, 6.45) is 3.90. The van der Waals surface area contributed by atoms with Crippen molar-refractivity contribution in [3.05, 3.63) is 94.4 Å². The Bertz CT molecular complexity index is 1550. The molecule has 10 heteroatoms. The van der Waals surface area contributed by atoms with Gasteiger partial charge in [-0.2, -0.15) is 10.2 Å². The Morgan fingerprint density at radius 1 is 1.09 bits per heavy atom. The van der Waals surface area contributed by atoms with E-state index < -0.39 is 11.5 Å². The van der Waals surface area contributed by atoms with Crippen LogP contribution in [0.25, 0.3) is 28.1 Å². The number of fused-ring (bicyclic) bond motifs is 1. The van der Waals surface area contributed by atoms with Gasteiger partial charge in [-0.05, 0) is 24.1 Å². The number of nitrogens with zero attached hydrogens (tertiary/aromatic N) is 5. The van der Waals surface area contributed by atoms with Crippen LogP contribution in [0, 0.1) is 5.82 Å². The molecule has 33 heavy (non-hydrogen) atoms. The lowest BCUT2D eigenvalue weighted by Crippen LogP contribution is -2.18. The van der Waals surface area contributed by atoms with E-state index in [-0.39, 0.29) is 28.9 Å². The standard InChI is InChI=1S/C23H17FN6O3/c1-13(14-6-8-15(9-7-14)17-4-2-3-5-18(17)24)30-20-19(11-26-30)27-23(28-21(20)31)29-12-16(10-25-29)22(32)33/h2-13H,1H3,(H,32,33)(H,27,28,31)/t13-/m0/s1. The largest absolute Gasteiger partial charge is 0.478 e. The van der Waals surface area contributed by atoms with E-state index in [1.165, 1.54) is 29.3 Å². The van der Waals surface area contributed by atoms with Crippen LogP contribution in [-0.2, 0) is 0 Å². The van der Waals surface area contributed by atoms with Crippen LogP contribution in [0.5, 0.6) is 0 Å². The molecule has 0 aliphatic heterocycles. The molecule has 2 aromatic carbocycles. The molecular formula is C23H17FN6O3. The third kappa shape index (κ3) is 3.57. The molecule has 0 bridgehead atoms. The average molecular weight is 444 g/mol. The molecule has 0 radical (unpaired) electrons. The molecule has 2 N–H and O–H groups in total. The molecule has 3 heterocycles. The van der Waals surface area contributed by atoms with E-state index in [1.807, 2.05) is 31.2 Å².